The van der Waals surface area contributed by atoms with E-state index in [1.165, 1.54) is 18.5 Å². The van der Waals surface area contributed by atoms with Crippen LogP contribution in [0.4, 0.5) is 27.4 Å². The summed E-state index contributed by atoms with van der Waals surface area (Å²) in [5.41, 5.74) is 1.66. The first-order valence-electron chi connectivity index (χ1n) is 15.1. The van der Waals surface area contributed by atoms with Crippen LogP contribution in [-0.2, 0) is 9.53 Å². The lowest BCUT2D eigenvalue weighted by atomic mass is 10.0. The summed E-state index contributed by atoms with van der Waals surface area (Å²) in [5, 5.41) is 7.38. The van der Waals surface area contributed by atoms with Crippen LogP contribution in [-0.4, -0.2) is 77.3 Å². The summed E-state index contributed by atoms with van der Waals surface area (Å²) >= 11 is 0. The van der Waals surface area contributed by atoms with Crippen LogP contribution in [0.25, 0.3) is 10.9 Å². The van der Waals surface area contributed by atoms with Gasteiger partial charge in [-0.15, -0.1) is 0 Å². The lowest BCUT2D eigenvalue weighted by Crippen LogP contribution is -2.41. The summed E-state index contributed by atoms with van der Waals surface area (Å²) in [6, 6.07) is 12.5. The minimum absolute atomic E-state index is 0.0529. The number of ether oxygens (including phenoxy) is 3. The van der Waals surface area contributed by atoms with Crippen LogP contribution < -0.4 is 25.0 Å². The molecule has 0 aliphatic carbocycles. The molecule has 2 N–H and O–H groups in total. The van der Waals surface area contributed by atoms with Crippen molar-refractivity contribution in [1.29, 1.82) is 0 Å². The number of halogens is 1. The number of pyridine rings is 1. The van der Waals surface area contributed by atoms with Gasteiger partial charge < -0.3 is 34.6 Å². The van der Waals surface area contributed by atoms with Crippen molar-refractivity contribution in [2.45, 2.75) is 37.5 Å². The summed E-state index contributed by atoms with van der Waals surface area (Å²) < 4.78 is 32.8. The van der Waals surface area contributed by atoms with Gasteiger partial charge >= 0.3 is 0 Å². The molecule has 2 bridgehead atoms. The van der Waals surface area contributed by atoms with E-state index in [4.69, 9.17) is 14.2 Å². The van der Waals surface area contributed by atoms with Crippen LogP contribution >= 0.6 is 0 Å². The van der Waals surface area contributed by atoms with Gasteiger partial charge in [-0.2, -0.15) is 0 Å². The SMILES string of the molecule is C=CC(=O)N1CCC(Nc2cc3c(Nc4ccc(Oc5ccnc(N6C[C@@H]7C[C@H]6CO7)c5)cc4F)ncnc3cc2OC)CC1. The first kappa shape index (κ1) is 28.8. The molecule has 1 amide bonds. The number of hydrogen-bond acceptors (Lipinski definition) is 10. The van der Waals surface area contributed by atoms with E-state index in [9.17, 15) is 4.79 Å². The Kier molecular flexibility index (Phi) is 7.80. The molecule has 0 saturated carbocycles. The number of amides is 1. The van der Waals surface area contributed by atoms with Gasteiger partial charge in [-0.3, -0.25) is 4.79 Å². The second-order valence-electron chi connectivity index (χ2n) is 11.5. The number of carbonyl (C=O) groups is 1. The summed E-state index contributed by atoms with van der Waals surface area (Å²) in [4.78, 5) is 29.4. The number of anilines is 4. The molecule has 0 spiro atoms. The van der Waals surface area contributed by atoms with Gasteiger partial charge in [0.2, 0.25) is 5.91 Å². The van der Waals surface area contributed by atoms with Gasteiger partial charge in [0.25, 0.3) is 0 Å². The van der Waals surface area contributed by atoms with Crippen molar-refractivity contribution in [1.82, 2.24) is 19.9 Å². The van der Waals surface area contributed by atoms with Crippen molar-refractivity contribution >= 4 is 39.8 Å². The van der Waals surface area contributed by atoms with Gasteiger partial charge in [-0.25, -0.2) is 19.3 Å². The van der Waals surface area contributed by atoms with Crippen LogP contribution in [0.1, 0.15) is 19.3 Å². The number of carbonyl (C=O) groups excluding carboxylic acids is 1. The minimum Gasteiger partial charge on any atom is -0.495 e. The van der Waals surface area contributed by atoms with E-state index < -0.39 is 5.82 Å². The smallest absolute Gasteiger partial charge is 0.245 e. The highest BCUT2D eigenvalue weighted by Crippen LogP contribution is 2.36. The van der Waals surface area contributed by atoms with Gasteiger partial charge in [0, 0.05) is 55.5 Å². The number of benzene rings is 2. The van der Waals surface area contributed by atoms with Gasteiger partial charge in [0.15, 0.2) is 0 Å². The quantitative estimate of drug-likeness (QED) is 0.243. The molecule has 0 radical (unpaired) electrons. The van der Waals surface area contributed by atoms with Crippen molar-refractivity contribution in [3.63, 3.8) is 0 Å². The van der Waals surface area contributed by atoms with Crippen molar-refractivity contribution < 1.29 is 23.4 Å². The molecule has 45 heavy (non-hydrogen) atoms. The molecular weight excluding hydrogens is 577 g/mol. The molecule has 5 heterocycles. The number of piperidine rings is 1. The van der Waals surface area contributed by atoms with E-state index in [2.05, 4.69) is 37.1 Å². The summed E-state index contributed by atoms with van der Waals surface area (Å²) in [6.45, 7) is 6.40. The molecule has 232 valence electrons. The zero-order valence-corrected chi connectivity index (χ0v) is 24.9. The first-order valence-corrected chi connectivity index (χ1v) is 15.1. The molecule has 2 aromatic heterocycles. The number of rotatable bonds is 9. The number of nitrogens with zero attached hydrogens (tertiary/aromatic N) is 5. The van der Waals surface area contributed by atoms with Gasteiger partial charge in [-0.1, -0.05) is 6.58 Å². The fourth-order valence-corrected chi connectivity index (χ4v) is 6.28. The molecule has 2 aromatic carbocycles. The third-order valence-corrected chi connectivity index (χ3v) is 8.64. The van der Waals surface area contributed by atoms with Crippen LogP contribution in [0.15, 0.2) is 67.6 Å². The first-order chi connectivity index (χ1) is 22.0. The average Bonchev–Trinajstić information content (AvgIpc) is 3.71. The summed E-state index contributed by atoms with van der Waals surface area (Å²) in [6.07, 6.45) is 7.32. The van der Waals surface area contributed by atoms with Crippen LogP contribution in [0.3, 0.4) is 0 Å². The van der Waals surface area contributed by atoms with Crippen LogP contribution in [0.2, 0.25) is 0 Å². The van der Waals surface area contributed by atoms with E-state index >= 15 is 4.39 Å². The fraction of sp³-hybridized carbons (Fsp3) is 0.333. The number of hydrogen-bond donors (Lipinski definition) is 2. The molecule has 4 aromatic rings. The highest BCUT2D eigenvalue weighted by molar-refractivity contribution is 5.95. The molecule has 12 heteroatoms. The number of morpholine rings is 1. The van der Waals surface area contributed by atoms with E-state index in [1.54, 1.807) is 36.4 Å². The van der Waals surface area contributed by atoms with Gasteiger partial charge in [0.05, 0.1) is 42.8 Å². The van der Waals surface area contributed by atoms with Crippen molar-refractivity contribution in [3.8, 4) is 17.2 Å². The van der Waals surface area contributed by atoms with E-state index in [0.717, 1.165) is 37.3 Å². The lowest BCUT2D eigenvalue weighted by molar-refractivity contribution is -0.126. The Labute approximate surface area is 260 Å². The molecular formula is C33H34FN7O4. The highest BCUT2D eigenvalue weighted by atomic mass is 19.1. The average molecular weight is 612 g/mol. The Morgan fingerprint density at radius 3 is 2.67 bits per heavy atom. The number of fused-ring (bicyclic) bond motifs is 3. The Hall–Kier alpha value is -4.97. The Morgan fingerprint density at radius 2 is 1.93 bits per heavy atom. The summed E-state index contributed by atoms with van der Waals surface area (Å²) in [7, 11) is 1.61. The highest BCUT2D eigenvalue weighted by Gasteiger charge is 2.39. The third-order valence-electron chi connectivity index (χ3n) is 8.64. The molecule has 3 fully saturated rings. The third kappa shape index (κ3) is 5.93. The number of nitrogens with one attached hydrogen (secondary N) is 2. The van der Waals surface area contributed by atoms with E-state index in [-0.39, 0.29) is 23.7 Å². The standard InChI is InChI=1S/C33H34FN7O4/c1-3-32(42)40-10-7-20(8-11-40)38-29-15-25-28(16-30(29)43-2)36-19-37-33(25)39-27-5-4-22(13-26(27)34)45-23-6-9-35-31(14-23)41-17-24-12-21(41)18-44-24/h3-6,9,13-16,19-21,24,38H,1,7-8,10-12,17-18H2,2H3,(H,36,37,39)/t21-,24-/m0/s1. The number of likely N-dealkylation sites (tertiary alicyclic amines) is 1. The fourth-order valence-electron chi connectivity index (χ4n) is 6.28. The topological polar surface area (TPSA) is 114 Å². The molecule has 7 rings (SSSR count). The van der Waals surface area contributed by atoms with Crippen LogP contribution in [0, 0.1) is 5.82 Å². The monoisotopic (exact) mass is 611 g/mol. The van der Waals surface area contributed by atoms with Crippen molar-refractivity contribution in [3.05, 3.63) is 73.5 Å². The Morgan fingerprint density at radius 1 is 1.09 bits per heavy atom. The normalized spacial score (nSPS) is 19.5. The second-order valence-corrected chi connectivity index (χ2v) is 11.5. The predicted octanol–water partition coefficient (Wildman–Crippen LogP) is 5.27. The maximum absolute atomic E-state index is 15.4. The van der Waals surface area contributed by atoms with E-state index in [0.29, 0.717) is 59.7 Å². The van der Waals surface area contributed by atoms with Crippen LogP contribution in [0.5, 0.6) is 17.2 Å². The molecule has 0 unspecified atom stereocenters. The van der Waals surface area contributed by atoms with Gasteiger partial charge in [0.1, 0.15) is 41.0 Å². The number of methoxy groups -OCH3 is 1. The molecule has 2 atom stereocenters. The zero-order chi connectivity index (χ0) is 30.9. The molecule has 11 nitrogen and oxygen atoms in total. The Balaban J connectivity index is 1.07. The van der Waals surface area contributed by atoms with E-state index in [1.807, 2.05) is 18.2 Å². The number of aromatic nitrogens is 3. The van der Waals surface area contributed by atoms with Gasteiger partial charge in [-0.05, 0) is 49.6 Å². The van der Waals surface area contributed by atoms with Crippen molar-refractivity contribution in [2.75, 3.05) is 48.9 Å². The predicted molar refractivity (Wildman–Crippen MR) is 169 cm³/mol. The molecule has 3 aliphatic heterocycles. The molecule has 3 saturated heterocycles. The summed E-state index contributed by atoms with van der Waals surface area (Å²) in [5.74, 6) is 2.32. The largest absolute Gasteiger partial charge is 0.495 e. The minimum atomic E-state index is -0.491. The lowest BCUT2D eigenvalue weighted by Gasteiger charge is -2.32. The molecule has 3 aliphatic rings. The zero-order valence-electron chi connectivity index (χ0n) is 24.9. The maximum atomic E-state index is 15.4. The van der Waals surface area contributed by atoms with Crippen molar-refractivity contribution in [2.24, 2.45) is 0 Å². The maximum Gasteiger partial charge on any atom is 0.245 e. The second kappa shape index (κ2) is 12.2. The Bertz CT molecular complexity index is 1750.